The fraction of sp³-hybridized carbons (Fsp3) is 0.148. The van der Waals surface area contributed by atoms with E-state index in [9.17, 15) is 4.79 Å². The van der Waals surface area contributed by atoms with Gasteiger partial charge in [0.15, 0.2) is 0 Å². The maximum absolute atomic E-state index is 12.7. The molecule has 0 bridgehead atoms. The van der Waals surface area contributed by atoms with Crippen molar-refractivity contribution >= 4 is 51.3 Å². The molecule has 6 heteroatoms. The van der Waals surface area contributed by atoms with Gasteiger partial charge in [-0.05, 0) is 56.2 Å². The standard InChI is InChI=1S/C27H23Cl2NO3/c1-4-32-25-14-26-23(24(15-33-26)18-7-5-16(2)6-8-18)13-22(25)17(3)9-27(31)30-21-11-19(28)10-20(29)12-21/h5-15H,4H2,1-3H3,(H,30,31)/b17-9+. The highest BCUT2D eigenvalue weighted by Gasteiger charge is 2.15. The summed E-state index contributed by atoms with van der Waals surface area (Å²) in [6.07, 6.45) is 3.29. The fourth-order valence-corrected chi connectivity index (χ4v) is 4.20. The van der Waals surface area contributed by atoms with Crippen molar-refractivity contribution in [2.75, 3.05) is 11.9 Å². The average Bonchev–Trinajstić information content (AvgIpc) is 3.16. The number of fused-ring (bicyclic) bond motifs is 1. The highest BCUT2D eigenvalue weighted by Crippen LogP contribution is 2.37. The van der Waals surface area contributed by atoms with Gasteiger partial charge in [-0.2, -0.15) is 0 Å². The number of furan rings is 1. The van der Waals surface area contributed by atoms with Crippen LogP contribution in [0.1, 0.15) is 25.0 Å². The first-order chi connectivity index (χ1) is 15.8. The minimum atomic E-state index is -0.292. The number of aryl methyl sites for hydroxylation is 1. The molecule has 33 heavy (non-hydrogen) atoms. The lowest BCUT2D eigenvalue weighted by atomic mass is 9.98. The van der Waals surface area contributed by atoms with Gasteiger partial charge in [-0.15, -0.1) is 0 Å². The number of hydrogen-bond donors (Lipinski definition) is 1. The molecule has 1 aromatic heterocycles. The molecule has 0 saturated heterocycles. The van der Waals surface area contributed by atoms with Gasteiger partial charge in [0.25, 0.3) is 0 Å². The van der Waals surface area contributed by atoms with Crippen LogP contribution in [-0.2, 0) is 4.79 Å². The Morgan fingerprint density at radius 2 is 1.76 bits per heavy atom. The van der Waals surface area contributed by atoms with Gasteiger partial charge in [-0.25, -0.2) is 0 Å². The predicted molar refractivity (Wildman–Crippen MR) is 136 cm³/mol. The quantitative estimate of drug-likeness (QED) is 0.283. The summed E-state index contributed by atoms with van der Waals surface area (Å²) in [6.45, 7) is 6.34. The van der Waals surface area contributed by atoms with Crippen LogP contribution in [0.2, 0.25) is 10.0 Å². The molecule has 0 fully saturated rings. The Balaban J connectivity index is 1.72. The first kappa shape index (κ1) is 23.0. The van der Waals surface area contributed by atoms with Crippen LogP contribution in [0.15, 0.2) is 71.4 Å². The van der Waals surface area contributed by atoms with Gasteiger partial charge in [-0.3, -0.25) is 4.79 Å². The number of halogens is 2. The molecule has 0 unspecified atom stereocenters. The van der Waals surface area contributed by atoms with Crippen LogP contribution in [0.4, 0.5) is 5.69 Å². The van der Waals surface area contributed by atoms with E-state index < -0.39 is 0 Å². The summed E-state index contributed by atoms with van der Waals surface area (Å²) in [4.78, 5) is 12.7. The Morgan fingerprint density at radius 3 is 2.42 bits per heavy atom. The van der Waals surface area contributed by atoms with Gasteiger partial charge >= 0.3 is 0 Å². The molecule has 4 rings (SSSR count). The number of amides is 1. The molecule has 0 aliphatic heterocycles. The largest absolute Gasteiger partial charge is 0.493 e. The van der Waals surface area contributed by atoms with Crippen LogP contribution in [0.25, 0.3) is 27.7 Å². The Hall–Kier alpha value is -3.21. The maximum Gasteiger partial charge on any atom is 0.248 e. The molecule has 0 spiro atoms. The number of carbonyl (C=O) groups excluding carboxylic acids is 1. The highest BCUT2D eigenvalue weighted by molar-refractivity contribution is 6.35. The summed E-state index contributed by atoms with van der Waals surface area (Å²) >= 11 is 12.1. The number of rotatable bonds is 6. The van der Waals surface area contributed by atoms with Gasteiger partial charge in [0.1, 0.15) is 11.3 Å². The molecule has 1 N–H and O–H groups in total. The van der Waals surface area contributed by atoms with E-state index in [1.807, 2.05) is 26.0 Å². The van der Waals surface area contributed by atoms with Crippen molar-refractivity contribution in [2.24, 2.45) is 0 Å². The van der Waals surface area contributed by atoms with Crippen molar-refractivity contribution < 1.29 is 13.9 Å². The third-order valence-corrected chi connectivity index (χ3v) is 5.68. The summed E-state index contributed by atoms with van der Waals surface area (Å²) < 4.78 is 11.7. The first-order valence-electron chi connectivity index (χ1n) is 10.5. The Labute approximate surface area is 202 Å². The number of ether oxygens (including phenoxy) is 1. The van der Waals surface area contributed by atoms with Crippen LogP contribution in [0.5, 0.6) is 5.75 Å². The third kappa shape index (κ3) is 5.24. The summed E-state index contributed by atoms with van der Waals surface area (Å²) in [5.74, 6) is 0.362. The third-order valence-electron chi connectivity index (χ3n) is 5.24. The molecule has 1 heterocycles. The van der Waals surface area contributed by atoms with E-state index in [2.05, 4.69) is 36.5 Å². The van der Waals surface area contributed by atoms with Gasteiger partial charge in [0.05, 0.1) is 12.9 Å². The molecule has 0 atom stereocenters. The van der Waals surface area contributed by atoms with Crippen LogP contribution >= 0.6 is 23.2 Å². The predicted octanol–water partition coefficient (Wildman–Crippen LogP) is 8.16. The normalized spacial score (nSPS) is 11.6. The van der Waals surface area contributed by atoms with E-state index in [0.29, 0.717) is 28.1 Å². The highest BCUT2D eigenvalue weighted by atomic mass is 35.5. The molecule has 168 valence electrons. The van der Waals surface area contributed by atoms with E-state index in [4.69, 9.17) is 32.4 Å². The van der Waals surface area contributed by atoms with Gasteiger partial charge in [-0.1, -0.05) is 53.0 Å². The van der Waals surface area contributed by atoms with E-state index in [-0.39, 0.29) is 5.91 Å². The molecule has 4 aromatic rings. The van der Waals surface area contributed by atoms with E-state index in [0.717, 1.165) is 33.2 Å². The number of anilines is 1. The number of hydrogen-bond acceptors (Lipinski definition) is 3. The second-order valence-electron chi connectivity index (χ2n) is 7.77. The zero-order chi connectivity index (χ0) is 23.5. The van der Waals surface area contributed by atoms with E-state index >= 15 is 0 Å². The molecular weight excluding hydrogens is 457 g/mol. The molecular formula is C27H23Cl2NO3. The van der Waals surface area contributed by atoms with Crippen LogP contribution in [0, 0.1) is 6.92 Å². The number of allylic oxidation sites excluding steroid dienone is 1. The smallest absolute Gasteiger partial charge is 0.248 e. The number of benzene rings is 3. The monoisotopic (exact) mass is 479 g/mol. The molecule has 0 aliphatic carbocycles. The minimum Gasteiger partial charge on any atom is -0.493 e. The summed E-state index contributed by atoms with van der Waals surface area (Å²) in [6, 6.07) is 17.1. The summed E-state index contributed by atoms with van der Waals surface area (Å²) in [7, 11) is 0. The molecule has 0 aliphatic rings. The maximum atomic E-state index is 12.7. The van der Waals surface area contributed by atoms with Gasteiger partial charge in [0.2, 0.25) is 5.91 Å². The van der Waals surface area contributed by atoms with Crippen molar-refractivity contribution in [3.05, 3.63) is 88.1 Å². The van der Waals surface area contributed by atoms with Crippen LogP contribution < -0.4 is 10.1 Å². The van der Waals surface area contributed by atoms with Crippen molar-refractivity contribution in [3.63, 3.8) is 0 Å². The van der Waals surface area contributed by atoms with Crippen molar-refractivity contribution in [2.45, 2.75) is 20.8 Å². The van der Waals surface area contributed by atoms with Crippen molar-refractivity contribution in [1.29, 1.82) is 0 Å². The summed E-state index contributed by atoms with van der Waals surface area (Å²) in [5.41, 5.74) is 6.06. The molecule has 4 nitrogen and oxygen atoms in total. The number of nitrogens with one attached hydrogen (secondary N) is 1. The Morgan fingerprint density at radius 1 is 1.06 bits per heavy atom. The van der Waals surface area contributed by atoms with Crippen LogP contribution in [0.3, 0.4) is 0 Å². The minimum absolute atomic E-state index is 0.292. The summed E-state index contributed by atoms with van der Waals surface area (Å²) in [5, 5.41) is 4.66. The lowest BCUT2D eigenvalue weighted by Gasteiger charge is -2.12. The molecule has 3 aromatic carbocycles. The zero-order valence-electron chi connectivity index (χ0n) is 18.5. The molecule has 0 saturated carbocycles. The lowest BCUT2D eigenvalue weighted by molar-refractivity contribution is -0.111. The average molecular weight is 480 g/mol. The van der Waals surface area contributed by atoms with E-state index in [1.54, 1.807) is 24.5 Å². The Kier molecular flexibility index (Phi) is 6.77. The molecule has 0 radical (unpaired) electrons. The molecule has 1 amide bonds. The first-order valence-corrected chi connectivity index (χ1v) is 11.3. The lowest BCUT2D eigenvalue weighted by Crippen LogP contribution is -2.08. The van der Waals surface area contributed by atoms with Crippen molar-refractivity contribution in [1.82, 2.24) is 0 Å². The van der Waals surface area contributed by atoms with E-state index in [1.165, 1.54) is 11.6 Å². The van der Waals surface area contributed by atoms with Crippen LogP contribution in [-0.4, -0.2) is 12.5 Å². The van der Waals surface area contributed by atoms with Gasteiger partial charge in [0, 0.05) is 44.4 Å². The van der Waals surface area contributed by atoms with Crippen molar-refractivity contribution in [3.8, 4) is 16.9 Å². The fourth-order valence-electron chi connectivity index (χ4n) is 3.67. The second kappa shape index (κ2) is 9.74. The Bertz CT molecular complexity index is 1330. The SMILES string of the molecule is CCOc1cc2occ(-c3ccc(C)cc3)c2cc1/C(C)=C/C(=O)Nc1cc(Cl)cc(Cl)c1. The zero-order valence-corrected chi connectivity index (χ0v) is 20.1. The topological polar surface area (TPSA) is 51.5 Å². The van der Waals surface area contributed by atoms with Gasteiger partial charge < -0.3 is 14.5 Å². The second-order valence-corrected chi connectivity index (χ2v) is 8.64. The number of carbonyl (C=O) groups is 1.